The number of unbranched alkanes of at least 4 members (excludes halogenated alkanes) is 2. The quantitative estimate of drug-likeness (QED) is 0.687. The lowest BCUT2D eigenvalue weighted by molar-refractivity contribution is -0.130. The highest BCUT2D eigenvalue weighted by atomic mass is 16.5. The summed E-state index contributed by atoms with van der Waals surface area (Å²) in [6, 6.07) is 0.285. The summed E-state index contributed by atoms with van der Waals surface area (Å²) in [6.07, 6.45) is 6.47. The minimum atomic E-state index is -0.182. The lowest BCUT2D eigenvalue weighted by atomic mass is 10.1. The van der Waals surface area contributed by atoms with Crippen molar-refractivity contribution in [1.82, 2.24) is 5.32 Å². The second-order valence-electron chi connectivity index (χ2n) is 4.41. The molecule has 1 heterocycles. The second kappa shape index (κ2) is 6.83. The fourth-order valence-corrected chi connectivity index (χ4v) is 1.89. The number of hydrogen-bond acceptors (Lipinski definition) is 2. The highest BCUT2D eigenvalue weighted by molar-refractivity contribution is 5.81. The van der Waals surface area contributed by atoms with Crippen LogP contribution < -0.4 is 5.32 Å². The Bertz CT molecular complexity index is 188. The molecule has 1 aliphatic heterocycles. The first-order valence-corrected chi connectivity index (χ1v) is 6.16. The molecule has 0 unspecified atom stereocenters. The maximum atomic E-state index is 11.7. The molecule has 1 aliphatic rings. The van der Waals surface area contributed by atoms with Gasteiger partial charge in [0.1, 0.15) is 6.10 Å². The van der Waals surface area contributed by atoms with Crippen molar-refractivity contribution in [1.29, 1.82) is 0 Å². The van der Waals surface area contributed by atoms with Crippen molar-refractivity contribution >= 4 is 5.91 Å². The minimum Gasteiger partial charge on any atom is -0.368 e. The van der Waals surface area contributed by atoms with Crippen molar-refractivity contribution in [2.45, 2.75) is 64.5 Å². The monoisotopic (exact) mass is 213 g/mol. The maximum absolute atomic E-state index is 11.7. The van der Waals surface area contributed by atoms with E-state index in [1.54, 1.807) is 0 Å². The van der Waals surface area contributed by atoms with Crippen molar-refractivity contribution in [3.05, 3.63) is 0 Å². The average molecular weight is 213 g/mol. The molecule has 1 fully saturated rings. The predicted molar refractivity (Wildman–Crippen MR) is 60.7 cm³/mol. The fraction of sp³-hybridized carbons (Fsp3) is 0.917. The molecule has 0 saturated carbocycles. The van der Waals surface area contributed by atoms with E-state index in [2.05, 4.69) is 19.2 Å². The van der Waals surface area contributed by atoms with Gasteiger partial charge in [0.2, 0.25) is 5.91 Å². The fourth-order valence-electron chi connectivity index (χ4n) is 1.89. The van der Waals surface area contributed by atoms with Crippen LogP contribution in [-0.4, -0.2) is 24.7 Å². The summed E-state index contributed by atoms with van der Waals surface area (Å²) < 4.78 is 5.33. The van der Waals surface area contributed by atoms with E-state index in [1.807, 2.05) is 0 Å². The number of nitrogens with one attached hydrogen (secondary N) is 1. The molecule has 2 atom stereocenters. The highest BCUT2D eigenvalue weighted by Gasteiger charge is 2.24. The normalized spacial score (nSPS) is 22.7. The van der Waals surface area contributed by atoms with Gasteiger partial charge in [0.05, 0.1) is 0 Å². The van der Waals surface area contributed by atoms with Gasteiger partial charge >= 0.3 is 0 Å². The van der Waals surface area contributed by atoms with E-state index in [4.69, 9.17) is 4.74 Å². The summed E-state index contributed by atoms with van der Waals surface area (Å²) in [5.74, 6) is 0.0801. The summed E-state index contributed by atoms with van der Waals surface area (Å²) in [4.78, 5) is 11.7. The summed E-state index contributed by atoms with van der Waals surface area (Å²) in [7, 11) is 0. The summed E-state index contributed by atoms with van der Waals surface area (Å²) in [5.41, 5.74) is 0. The molecule has 0 aromatic rings. The van der Waals surface area contributed by atoms with Crippen LogP contribution in [0.4, 0.5) is 0 Å². The van der Waals surface area contributed by atoms with Crippen LogP contribution in [0.2, 0.25) is 0 Å². The van der Waals surface area contributed by atoms with Crippen LogP contribution in [0.5, 0.6) is 0 Å². The number of ether oxygens (including phenoxy) is 1. The van der Waals surface area contributed by atoms with Crippen LogP contribution in [0.3, 0.4) is 0 Å². The van der Waals surface area contributed by atoms with E-state index in [0.717, 1.165) is 25.9 Å². The molecular formula is C12H23NO2. The first-order valence-electron chi connectivity index (χ1n) is 6.16. The van der Waals surface area contributed by atoms with E-state index >= 15 is 0 Å². The topological polar surface area (TPSA) is 38.3 Å². The zero-order valence-corrected chi connectivity index (χ0v) is 9.92. The van der Waals surface area contributed by atoms with Crippen LogP contribution in [0.25, 0.3) is 0 Å². The van der Waals surface area contributed by atoms with E-state index in [1.165, 1.54) is 19.3 Å². The number of rotatable bonds is 6. The molecule has 0 spiro atoms. The summed E-state index contributed by atoms with van der Waals surface area (Å²) in [6.45, 7) is 5.00. The lowest BCUT2D eigenvalue weighted by Gasteiger charge is -2.16. The van der Waals surface area contributed by atoms with Crippen LogP contribution in [0, 0.1) is 0 Å². The van der Waals surface area contributed by atoms with E-state index in [-0.39, 0.29) is 18.1 Å². The van der Waals surface area contributed by atoms with Crippen molar-refractivity contribution in [2.75, 3.05) is 6.61 Å². The molecule has 88 valence electrons. The number of amides is 1. The standard InChI is InChI=1S/C12H23NO2/c1-3-4-5-7-10(2)13-12(14)11-8-6-9-15-11/h10-11H,3-9H2,1-2H3,(H,13,14)/t10-,11-/m0/s1. The predicted octanol–water partition coefficient (Wildman–Crippen LogP) is 2.25. The Morgan fingerprint density at radius 3 is 2.93 bits per heavy atom. The van der Waals surface area contributed by atoms with Crippen molar-refractivity contribution in [3.63, 3.8) is 0 Å². The van der Waals surface area contributed by atoms with Gasteiger partial charge in [-0.15, -0.1) is 0 Å². The van der Waals surface area contributed by atoms with E-state index in [9.17, 15) is 4.79 Å². The van der Waals surface area contributed by atoms with E-state index in [0.29, 0.717) is 0 Å². The van der Waals surface area contributed by atoms with Gasteiger partial charge in [-0.05, 0) is 26.2 Å². The maximum Gasteiger partial charge on any atom is 0.249 e. The molecule has 0 aromatic carbocycles. The molecular weight excluding hydrogens is 190 g/mol. The smallest absolute Gasteiger partial charge is 0.249 e. The Labute approximate surface area is 92.6 Å². The first kappa shape index (κ1) is 12.5. The first-order chi connectivity index (χ1) is 7.24. The summed E-state index contributed by atoms with van der Waals surface area (Å²) >= 11 is 0. The largest absolute Gasteiger partial charge is 0.368 e. The molecule has 1 saturated heterocycles. The van der Waals surface area contributed by atoms with Crippen LogP contribution in [0.15, 0.2) is 0 Å². The second-order valence-corrected chi connectivity index (χ2v) is 4.41. The molecule has 3 heteroatoms. The number of carbonyl (C=O) groups excluding carboxylic acids is 1. The average Bonchev–Trinajstić information content (AvgIpc) is 2.70. The molecule has 0 bridgehead atoms. The lowest BCUT2D eigenvalue weighted by Crippen LogP contribution is -2.39. The van der Waals surface area contributed by atoms with Crippen molar-refractivity contribution < 1.29 is 9.53 Å². The molecule has 3 nitrogen and oxygen atoms in total. The Balaban J connectivity index is 2.13. The molecule has 15 heavy (non-hydrogen) atoms. The van der Waals surface area contributed by atoms with Gasteiger partial charge in [-0.1, -0.05) is 26.2 Å². The zero-order chi connectivity index (χ0) is 11.1. The van der Waals surface area contributed by atoms with Gasteiger partial charge in [0.15, 0.2) is 0 Å². The Morgan fingerprint density at radius 1 is 1.53 bits per heavy atom. The Morgan fingerprint density at radius 2 is 2.33 bits per heavy atom. The van der Waals surface area contributed by atoms with E-state index < -0.39 is 0 Å². The molecule has 0 radical (unpaired) electrons. The molecule has 1 amide bonds. The van der Waals surface area contributed by atoms with Gasteiger partial charge in [-0.3, -0.25) is 4.79 Å². The van der Waals surface area contributed by atoms with Gasteiger partial charge in [-0.25, -0.2) is 0 Å². The van der Waals surface area contributed by atoms with Crippen LogP contribution in [-0.2, 0) is 9.53 Å². The van der Waals surface area contributed by atoms with Crippen molar-refractivity contribution in [2.24, 2.45) is 0 Å². The van der Waals surface area contributed by atoms with Gasteiger partial charge in [0, 0.05) is 12.6 Å². The Kier molecular flexibility index (Phi) is 5.69. The third-order valence-corrected chi connectivity index (χ3v) is 2.85. The van der Waals surface area contributed by atoms with Gasteiger partial charge in [0.25, 0.3) is 0 Å². The highest BCUT2D eigenvalue weighted by Crippen LogP contribution is 2.12. The minimum absolute atomic E-state index is 0.0801. The number of hydrogen-bond donors (Lipinski definition) is 1. The third-order valence-electron chi connectivity index (χ3n) is 2.85. The molecule has 0 aromatic heterocycles. The van der Waals surface area contributed by atoms with Crippen LogP contribution >= 0.6 is 0 Å². The molecule has 1 N–H and O–H groups in total. The van der Waals surface area contributed by atoms with Gasteiger partial charge in [-0.2, -0.15) is 0 Å². The molecule has 1 rings (SSSR count). The summed E-state index contributed by atoms with van der Waals surface area (Å²) in [5, 5.41) is 3.02. The number of carbonyl (C=O) groups is 1. The van der Waals surface area contributed by atoms with Gasteiger partial charge < -0.3 is 10.1 Å². The SMILES string of the molecule is CCCCC[C@H](C)NC(=O)[C@@H]1CCCO1. The van der Waals surface area contributed by atoms with Crippen LogP contribution in [0.1, 0.15) is 52.4 Å². The molecule has 0 aliphatic carbocycles. The Hall–Kier alpha value is -0.570. The zero-order valence-electron chi connectivity index (χ0n) is 9.92. The third kappa shape index (κ3) is 4.65. The van der Waals surface area contributed by atoms with Crippen molar-refractivity contribution in [3.8, 4) is 0 Å².